The number of carboxylic acid groups (broad SMARTS) is 1. The first-order valence-corrected chi connectivity index (χ1v) is 6.31. The third-order valence-electron chi connectivity index (χ3n) is 2.79. The van der Waals surface area contributed by atoms with E-state index >= 15 is 0 Å². The van der Waals surface area contributed by atoms with Crippen LogP contribution in [0.1, 0.15) is 19.3 Å². The Labute approximate surface area is 107 Å². The van der Waals surface area contributed by atoms with Gasteiger partial charge in [-0.2, -0.15) is 0 Å². The molecule has 0 saturated heterocycles. The molecule has 0 heterocycles. The molecule has 1 saturated carbocycles. The number of hydrogen-bond acceptors (Lipinski definition) is 4. The van der Waals surface area contributed by atoms with E-state index in [4.69, 9.17) is 9.84 Å². The van der Waals surface area contributed by atoms with E-state index in [1.807, 2.05) is 0 Å². The van der Waals surface area contributed by atoms with Gasteiger partial charge in [0.2, 0.25) is 5.91 Å². The summed E-state index contributed by atoms with van der Waals surface area (Å²) in [5, 5.41) is 11.5. The molecular weight excluding hydrogens is 236 g/mol. The summed E-state index contributed by atoms with van der Waals surface area (Å²) in [6, 6.07) is 0. The molecule has 1 rings (SSSR count). The van der Waals surface area contributed by atoms with Crippen LogP contribution in [0.4, 0.5) is 0 Å². The van der Waals surface area contributed by atoms with Gasteiger partial charge in [0.1, 0.15) is 0 Å². The van der Waals surface area contributed by atoms with Crippen molar-refractivity contribution in [3.8, 4) is 0 Å². The molecule has 18 heavy (non-hydrogen) atoms. The molecular formula is C12H22N2O4. The molecule has 0 aromatic heterocycles. The van der Waals surface area contributed by atoms with Crippen LogP contribution in [0, 0.1) is 5.92 Å². The smallest absolute Gasteiger partial charge is 0.317 e. The Bertz CT molecular complexity index is 279. The zero-order valence-electron chi connectivity index (χ0n) is 10.9. The molecule has 0 aromatic carbocycles. The molecule has 0 unspecified atom stereocenters. The molecule has 6 heteroatoms. The minimum absolute atomic E-state index is 0.0675. The number of ether oxygens (including phenoxy) is 1. The van der Waals surface area contributed by atoms with Crippen LogP contribution in [0.5, 0.6) is 0 Å². The summed E-state index contributed by atoms with van der Waals surface area (Å²) in [5.41, 5.74) is 0. The van der Waals surface area contributed by atoms with Crippen LogP contribution in [-0.2, 0) is 14.3 Å². The van der Waals surface area contributed by atoms with Gasteiger partial charge in [-0.15, -0.1) is 0 Å². The van der Waals surface area contributed by atoms with Gasteiger partial charge >= 0.3 is 5.97 Å². The highest BCUT2D eigenvalue weighted by Crippen LogP contribution is 2.29. The average molecular weight is 258 g/mol. The third-order valence-corrected chi connectivity index (χ3v) is 2.79. The van der Waals surface area contributed by atoms with Gasteiger partial charge in [-0.05, 0) is 25.2 Å². The standard InChI is InChI=1S/C12H22N2O4/c1-18-6-2-5-13-11(15)8-14(9-12(16)17)7-10-3-4-10/h10H,2-9H2,1H3,(H,13,15)(H,16,17). The maximum absolute atomic E-state index is 11.6. The van der Waals surface area contributed by atoms with Crippen molar-refractivity contribution in [1.29, 1.82) is 0 Å². The zero-order valence-corrected chi connectivity index (χ0v) is 10.9. The summed E-state index contributed by atoms with van der Waals surface area (Å²) >= 11 is 0. The van der Waals surface area contributed by atoms with E-state index in [1.165, 1.54) is 0 Å². The number of nitrogens with one attached hydrogen (secondary N) is 1. The van der Waals surface area contributed by atoms with Crippen molar-refractivity contribution in [3.63, 3.8) is 0 Å². The topological polar surface area (TPSA) is 78.9 Å². The van der Waals surface area contributed by atoms with Crippen molar-refractivity contribution >= 4 is 11.9 Å². The van der Waals surface area contributed by atoms with Crippen molar-refractivity contribution in [1.82, 2.24) is 10.2 Å². The third kappa shape index (κ3) is 7.24. The van der Waals surface area contributed by atoms with Crippen molar-refractivity contribution in [2.45, 2.75) is 19.3 Å². The fourth-order valence-electron chi connectivity index (χ4n) is 1.75. The van der Waals surface area contributed by atoms with Crippen LogP contribution in [-0.4, -0.2) is 61.8 Å². The second kappa shape index (κ2) is 8.05. The van der Waals surface area contributed by atoms with Crippen LogP contribution >= 0.6 is 0 Å². The quantitative estimate of drug-likeness (QED) is 0.537. The normalized spacial score (nSPS) is 14.8. The minimum atomic E-state index is -0.886. The number of amides is 1. The fourth-order valence-corrected chi connectivity index (χ4v) is 1.75. The lowest BCUT2D eigenvalue weighted by Crippen LogP contribution is -2.41. The van der Waals surface area contributed by atoms with Crippen LogP contribution in [0.2, 0.25) is 0 Å². The van der Waals surface area contributed by atoms with Crippen LogP contribution in [0.3, 0.4) is 0 Å². The number of carbonyl (C=O) groups excluding carboxylic acids is 1. The van der Waals surface area contributed by atoms with Gasteiger partial charge in [0.05, 0.1) is 13.1 Å². The predicted octanol–water partition coefficient (Wildman–Crippen LogP) is -0.0643. The molecule has 0 atom stereocenters. The van der Waals surface area contributed by atoms with Gasteiger partial charge in [-0.1, -0.05) is 0 Å². The van der Waals surface area contributed by atoms with E-state index in [0.29, 0.717) is 25.6 Å². The van der Waals surface area contributed by atoms with E-state index in [-0.39, 0.29) is 19.0 Å². The lowest BCUT2D eigenvalue weighted by Gasteiger charge is -2.19. The predicted molar refractivity (Wildman–Crippen MR) is 66.3 cm³/mol. The molecule has 1 aliphatic rings. The van der Waals surface area contributed by atoms with Crippen LogP contribution < -0.4 is 5.32 Å². The number of aliphatic carboxylic acids is 1. The highest BCUT2D eigenvalue weighted by Gasteiger charge is 2.26. The van der Waals surface area contributed by atoms with E-state index in [9.17, 15) is 9.59 Å². The summed E-state index contributed by atoms with van der Waals surface area (Å²) in [7, 11) is 1.62. The summed E-state index contributed by atoms with van der Waals surface area (Å²) in [5.74, 6) is -0.429. The molecule has 0 radical (unpaired) electrons. The van der Waals surface area contributed by atoms with Crippen LogP contribution in [0.15, 0.2) is 0 Å². The molecule has 0 aliphatic heterocycles. The number of methoxy groups -OCH3 is 1. The fraction of sp³-hybridized carbons (Fsp3) is 0.833. The number of hydrogen-bond donors (Lipinski definition) is 2. The summed E-state index contributed by atoms with van der Waals surface area (Å²) in [6.45, 7) is 1.98. The first-order chi connectivity index (χ1) is 8.61. The van der Waals surface area contributed by atoms with Crippen LogP contribution in [0.25, 0.3) is 0 Å². The Morgan fingerprint density at radius 3 is 2.67 bits per heavy atom. The van der Waals surface area contributed by atoms with Gasteiger partial charge in [0.15, 0.2) is 0 Å². The lowest BCUT2D eigenvalue weighted by atomic mass is 10.3. The van der Waals surface area contributed by atoms with Gasteiger partial charge in [-0.3, -0.25) is 14.5 Å². The highest BCUT2D eigenvalue weighted by atomic mass is 16.5. The van der Waals surface area contributed by atoms with E-state index in [1.54, 1.807) is 12.0 Å². The second-order valence-electron chi connectivity index (χ2n) is 4.70. The highest BCUT2D eigenvalue weighted by molar-refractivity contribution is 5.79. The monoisotopic (exact) mass is 258 g/mol. The Hall–Kier alpha value is -1.14. The zero-order chi connectivity index (χ0) is 13.4. The SMILES string of the molecule is COCCCNC(=O)CN(CC(=O)O)CC1CC1. The largest absolute Gasteiger partial charge is 0.480 e. The first-order valence-electron chi connectivity index (χ1n) is 6.31. The summed E-state index contributed by atoms with van der Waals surface area (Å²) in [4.78, 5) is 24.0. The van der Waals surface area contributed by atoms with Crippen molar-refractivity contribution in [2.75, 3.05) is 39.9 Å². The number of carboxylic acids is 1. The van der Waals surface area contributed by atoms with E-state index in [0.717, 1.165) is 19.3 Å². The van der Waals surface area contributed by atoms with Gasteiger partial charge in [-0.25, -0.2) is 0 Å². The molecule has 0 aromatic rings. The molecule has 1 amide bonds. The molecule has 104 valence electrons. The maximum atomic E-state index is 11.6. The molecule has 2 N–H and O–H groups in total. The molecule has 1 fully saturated rings. The Morgan fingerprint density at radius 2 is 2.11 bits per heavy atom. The Kier molecular flexibility index (Phi) is 6.67. The maximum Gasteiger partial charge on any atom is 0.317 e. The van der Waals surface area contributed by atoms with Crippen molar-refractivity contribution < 1.29 is 19.4 Å². The van der Waals surface area contributed by atoms with Gasteiger partial charge < -0.3 is 15.2 Å². The van der Waals surface area contributed by atoms with Crippen molar-refractivity contribution in [3.05, 3.63) is 0 Å². The molecule has 0 spiro atoms. The summed E-state index contributed by atoms with van der Waals surface area (Å²) < 4.78 is 4.88. The number of rotatable bonds is 10. The number of nitrogens with zero attached hydrogens (tertiary/aromatic N) is 1. The Balaban J connectivity index is 2.20. The molecule has 0 bridgehead atoms. The summed E-state index contributed by atoms with van der Waals surface area (Å²) in [6.07, 6.45) is 3.06. The number of carbonyl (C=O) groups is 2. The minimum Gasteiger partial charge on any atom is -0.480 e. The first kappa shape index (κ1) is 14.9. The molecule has 6 nitrogen and oxygen atoms in total. The van der Waals surface area contributed by atoms with E-state index < -0.39 is 5.97 Å². The second-order valence-corrected chi connectivity index (χ2v) is 4.70. The van der Waals surface area contributed by atoms with Gasteiger partial charge in [0.25, 0.3) is 0 Å². The average Bonchev–Trinajstić information content (AvgIpc) is 3.07. The Morgan fingerprint density at radius 1 is 1.39 bits per heavy atom. The van der Waals surface area contributed by atoms with Gasteiger partial charge in [0, 0.05) is 26.8 Å². The van der Waals surface area contributed by atoms with E-state index in [2.05, 4.69) is 5.32 Å². The lowest BCUT2D eigenvalue weighted by molar-refractivity contribution is -0.138. The van der Waals surface area contributed by atoms with Crippen molar-refractivity contribution in [2.24, 2.45) is 5.92 Å². The molecule has 1 aliphatic carbocycles.